The molecule has 0 radical (unpaired) electrons. The Balaban J connectivity index is 2.82. The van der Waals surface area contributed by atoms with Gasteiger partial charge in [0.15, 0.2) is 11.6 Å². The largest absolute Gasteiger partial charge is 0.383 e. The average molecular weight is 248 g/mol. The lowest BCUT2D eigenvalue weighted by Crippen LogP contribution is -2.33. The molecule has 0 unspecified atom stereocenters. The van der Waals surface area contributed by atoms with Crippen LogP contribution in [0.3, 0.4) is 0 Å². The molecule has 90 valence electrons. The Hall–Kier alpha value is -0.910. The number of hydrogen-bond acceptors (Lipinski definition) is 4. The number of anilines is 1. The van der Waals surface area contributed by atoms with E-state index in [0.29, 0.717) is 26.2 Å². The Morgan fingerprint density at radius 1 is 1.56 bits per heavy atom. The van der Waals surface area contributed by atoms with Gasteiger partial charge in [0, 0.05) is 32.9 Å². The van der Waals surface area contributed by atoms with Crippen molar-refractivity contribution >= 4 is 17.4 Å². The fourth-order valence-electron chi connectivity index (χ4n) is 1.32. The fraction of sp³-hybridized carbons (Fsp3) is 0.500. The van der Waals surface area contributed by atoms with Crippen LogP contribution in [0, 0.1) is 5.82 Å². The van der Waals surface area contributed by atoms with Crippen molar-refractivity contribution in [1.29, 1.82) is 0 Å². The second-order valence-electron chi connectivity index (χ2n) is 3.23. The van der Waals surface area contributed by atoms with Crippen molar-refractivity contribution < 1.29 is 9.13 Å². The molecule has 6 heteroatoms. The van der Waals surface area contributed by atoms with E-state index in [0.717, 1.165) is 0 Å². The molecule has 0 aromatic carbocycles. The first kappa shape index (κ1) is 13.2. The minimum absolute atomic E-state index is 0.256. The summed E-state index contributed by atoms with van der Waals surface area (Å²) in [6.45, 7) is 1.98. The van der Waals surface area contributed by atoms with Crippen LogP contribution in [-0.2, 0) is 4.74 Å². The van der Waals surface area contributed by atoms with Crippen LogP contribution in [0.1, 0.15) is 0 Å². The highest BCUT2D eigenvalue weighted by atomic mass is 35.5. The van der Waals surface area contributed by atoms with Crippen LogP contribution >= 0.6 is 11.6 Å². The number of pyridine rings is 1. The van der Waals surface area contributed by atoms with Crippen LogP contribution in [0.2, 0.25) is 5.02 Å². The van der Waals surface area contributed by atoms with Gasteiger partial charge in [0.1, 0.15) is 0 Å². The summed E-state index contributed by atoms with van der Waals surface area (Å²) >= 11 is 5.63. The Kier molecular flexibility index (Phi) is 5.45. The molecule has 2 N–H and O–H groups in total. The van der Waals surface area contributed by atoms with E-state index in [1.807, 2.05) is 0 Å². The van der Waals surface area contributed by atoms with E-state index >= 15 is 0 Å². The molecule has 1 rings (SSSR count). The van der Waals surface area contributed by atoms with Crippen LogP contribution in [0.4, 0.5) is 10.2 Å². The molecule has 0 fully saturated rings. The van der Waals surface area contributed by atoms with Crippen LogP contribution in [0.15, 0.2) is 12.3 Å². The van der Waals surface area contributed by atoms with Crippen molar-refractivity contribution in [2.24, 2.45) is 5.73 Å². The number of halogens is 2. The van der Waals surface area contributed by atoms with Crippen LogP contribution < -0.4 is 10.6 Å². The summed E-state index contributed by atoms with van der Waals surface area (Å²) < 4.78 is 18.5. The Bertz CT molecular complexity index is 338. The van der Waals surface area contributed by atoms with Gasteiger partial charge >= 0.3 is 0 Å². The number of hydrogen-bond donors (Lipinski definition) is 1. The van der Waals surface area contributed by atoms with Crippen molar-refractivity contribution in [2.75, 3.05) is 38.3 Å². The molecule has 0 amide bonds. The molecular formula is C10H15ClFN3O. The fourth-order valence-corrected chi connectivity index (χ4v) is 1.47. The summed E-state index contributed by atoms with van der Waals surface area (Å²) in [5, 5.41) is 0.278. The summed E-state index contributed by atoms with van der Waals surface area (Å²) in [5.41, 5.74) is 5.46. The Morgan fingerprint density at radius 3 is 2.88 bits per heavy atom. The molecule has 4 nitrogen and oxygen atoms in total. The van der Waals surface area contributed by atoms with Crippen molar-refractivity contribution in [3.63, 3.8) is 0 Å². The van der Waals surface area contributed by atoms with E-state index in [1.54, 1.807) is 12.0 Å². The third kappa shape index (κ3) is 3.59. The molecule has 0 bridgehead atoms. The van der Waals surface area contributed by atoms with Crippen molar-refractivity contribution in [3.8, 4) is 0 Å². The van der Waals surface area contributed by atoms with Gasteiger partial charge in [-0.1, -0.05) is 11.6 Å². The first-order valence-corrected chi connectivity index (χ1v) is 5.31. The van der Waals surface area contributed by atoms with Gasteiger partial charge in [0.25, 0.3) is 0 Å². The van der Waals surface area contributed by atoms with Crippen molar-refractivity contribution in [3.05, 3.63) is 23.1 Å². The molecule has 0 aliphatic carbocycles. The number of methoxy groups -OCH3 is 1. The monoisotopic (exact) mass is 247 g/mol. The van der Waals surface area contributed by atoms with Crippen LogP contribution in [0.5, 0.6) is 0 Å². The van der Waals surface area contributed by atoms with Gasteiger partial charge in [-0.3, -0.25) is 0 Å². The highest BCUT2D eigenvalue weighted by molar-refractivity contribution is 6.30. The van der Waals surface area contributed by atoms with E-state index in [9.17, 15) is 4.39 Å². The Morgan fingerprint density at radius 2 is 2.31 bits per heavy atom. The SMILES string of the molecule is COCCN(CCN)c1ncc(Cl)cc1F. The summed E-state index contributed by atoms with van der Waals surface area (Å²) in [6, 6.07) is 1.24. The van der Waals surface area contributed by atoms with Gasteiger partial charge in [-0.2, -0.15) is 0 Å². The van der Waals surface area contributed by atoms with Gasteiger partial charge < -0.3 is 15.4 Å². The highest BCUT2D eigenvalue weighted by Crippen LogP contribution is 2.19. The number of nitrogens with zero attached hydrogens (tertiary/aromatic N) is 2. The molecule has 16 heavy (non-hydrogen) atoms. The quantitative estimate of drug-likeness (QED) is 0.823. The molecule has 0 aliphatic heterocycles. The number of rotatable bonds is 6. The summed E-state index contributed by atoms with van der Waals surface area (Å²) in [7, 11) is 1.59. The summed E-state index contributed by atoms with van der Waals surface area (Å²) in [6.07, 6.45) is 1.41. The first-order chi connectivity index (χ1) is 7.69. The zero-order chi connectivity index (χ0) is 12.0. The van der Waals surface area contributed by atoms with Gasteiger partial charge in [0.05, 0.1) is 11.6 Å². The second-order valence-corrected chi connectivity index (χ2v) is 3.66. The van der Waals surface area contributed by atoms with E-state index in [2.05, 4.69) is 4.98 Å². The van der Waals surface area contributed by atoms with E-state index in [-0.39, 0.29) is 10.8 Å². The van der Waals surface area contributed by atoms with Crippen LogP contribution in [-0.4, -0.2) is 38.3 Å². The van der Waals surface area contributed by atoms with Crippen molar-refractivity contribution in [2.45, 2.75) is 0 Å². The number of aromatic nitrogens is 1. The van der Waals surface area contributed by atoms with Gasteiger partial charge in [0.2, 0.25) is 0 Å². The van der Waals surface area contributed by atoms with Gasteiger partial charge in [-0.15, -0.1) is 0 Å². The van der Waals surface area contributed by atoms with E-state index < -0.39 is 5.82 Å². The summed E-state index contributed by atoms with van der Waals surface area (Å²) in [4.78, 5) is 5.69. The second kappa shape index (κ2) is 6.62. The van der Waals surface area contributed by atoms with Gasteiger partial charge in [-0.25, -0.2) is 9.37 Å². The smallest absolute Gasteiger partial charge is 0.167 e. The standard InChI is InChI=1S/C10H15ClFN3O/c1-16-5-4-15(3-2-13)10-9(12)6-8(11)7-14-10/h6-7H,2-5,13H2,1H3. The molecule has 0 saturated carbocycles. The Labute approximate surface area is 99.2 Å². The first-order valence-electron chi connectivity index (χ1n) is 4.94. The molecule has 0 aliphatic rings. The maximum absolute atomic E-state index is 13.6. The minimum atomic E-state index is -0.447. The third-order valence-corrected chi connectivity index (χ3v) is 2.26. The van der Waals surface area contributed by atoms with Crippen LogP contribution in [0.25, 0.3) is 0 Å². The molecule has 0 saturated heterocycles. The van der Waals surface area contributed by atoms with E-state index in [4.69, 9.17) is 22.1 Å². The lowest BCUT2D eigenvalue weighted by molar-refractivity contribution is 0.205. The minimum Gasteiger partial charge on any atom is -0.383 e. The maximum Gasteiger partial charge on any atom is 0.167 e. The lowest BCUT2D eigenvalue weighted by Gasteiger charge is -2.22. The lowest BCUT2D eigenvalue weighted by atomic mass is 10.4. The summed E-state index contributed by atoms with van der Waals surface area (Å²) in [5.74, 6) is -0.191. The van der Waals surface area contributed by atoms with Crippen molar-refractivity contribution in [1.82, 2.24) is 4.98 Å². The molecule has 1 aromatic heterocycles. The predicted octanol–water partition coefficient (Wildman–Crippen LogP) is 1.29. The zero-order valence-corrected chi connectivity index (χ0v) is 9.88. The number of ether oxygens (including phenoxy) is 1. The highest BCUT2D eigenvalue weighted by Gasteiger charge is 2.12. The average Bonchev–Trinajstić information content (AvgIpc) is 2.25. The zero-order valence-electron chi connectivity index (χ0n) is 9.12. The van der Waals surface area contributed by atoms with E-state index in [1.165, 1.54) is 12.3 Å². The molecular weight excluding hydrogens is 233 g/mol. The molecule has 0 spiro atoms. The van der Waals surface area contributed by atoms with Gasteiger partial charge in [-0.05, 0) is 6.07 Å². The molecule has 1 aromatic rings. The molecule has 0 atom stereocenters. The maximum atomic E-state index is 13.6. The topological polar surface area (TPSA) is 51.4 Å². The normalized spacial score (nSPS) is 10.5. The predicted molar refractivity (Wildman–Crippen MR) is 62.3 cm³/mol. The third-order valence-electron chi connectivity index (χ3n) is 2.05. The number of nitrogens with two attached hydrogens (primary N) is 1. The molecule has 1 heterocycles.